The van der Waals surface area contributed by atoms with Gasteiger partial charge in [-0.3, -0.25) is 4.79 Å². The third-order valence-corrected chi connectivity index (χ3v) is 3.54. The third kappa shape index (κ3) is 1.46. The molecule has 0 spiro atoms. The topological polar surface area (TPSA) is 32.9 Å². The molecular weight excluding hydrogens is 222 g/mol. The molecule has 1 aliphatic rings. The van der Waals surface area contributed by atoms with Crippen molar-refractivity contribution in [1.29, 1.82) is 0 Å². The molecular formula is C16H15NO. The maximum atomic E-state index is 12.1. The molecule has 0 fully saturated rings. The maximum Gasteiger partial charge on any atom is 0.256 e. The van der Waals surface area contributed by atoms with Gasteiger partial charge >= 0.3 is 0 Å². The molecule has 18 heavy (non-hydrogen) atoms. The minimum Gasteiger partial charge on any atom is -0.321 e. The number of H-pyrrole nitrogens is 1. The second-order valence-electron chi connectivity index (χ2n) is 4.72. The maximum absolute atomic E-state index is 12.1. The minimum absolute atomic E-state index is 0.000975. The average molecular weight is 237 g/mol. The van der Waals surface area contributed by atoms with E-state index in [1.807, 2.05) is 37.3 Å². The van der Waals surface area contributed by atoms with E-state index in [1.54, 1.807) is 0 Å². The summed E-state index contributed by atoms with van der Waals surface area (Å²) in [6.45, 7) is 4.12. The Labute approximate surface area is 106 Å². The van der Waals surface area contributed by atoms with Gasteiger partial charge in [-0.25, -0.2) is 0 Å². The lowest BCUT2D eigenvalue weighted by Gasteiger charge is -2.06. The minimum atomic E-state index is 0.000975. The van der Waals surface area contributed by atoms with Gasteiger partial charge in [-0.2, -0.15) is 0 Å². The van der Waals surface area contributed by atoms with Crippen LogP contribution in [0.15, 0.2) is 46.8 Å². The van der Waals surface area contributed by atoms with Crippen LogP contribution < -0.4 is 5.56 Å². The Balaban J connectivity index is 2.39. The molecule has 1 aliphatic carbocycles. The standard InChI is InChI=1S/C16H15NO/c1-3-6-11-10(2)9-14-12-7-4-5-8-13(12)16(18)17-15(11)14/h3-8H,9H2,1-2H3,(H,17,18)/b6-3-. The van der Waals surface area contributed by atoms with Crippen LogP contribution >= 0.6 is 0 Å². The number of aromatic amines is 1. The first kappa shape index (κ1) is 11.0. The summed E-state index contributed by atoms with van der Waals surface area (Å²) in [6, 6.07) is 7.82. The van der Waals surface area contributed by atoms with E-state index in [9.17, 15) is 4.79 Å². The van der Waals surface area contributed by atoms with Gasteiger partial charge in [0.1, 0.15) is 0 Å². The second kappa shape index (κ2) is 3.98. The normalized spacial score (nSPS) is 14.8. The number of fused-ring (bicyclic) bond motifs is 3. The van der Waals surface area contributed by atoms with E-state index in [4.69, 9.17) is 0 Å². The quantitative estimate of drug-likeness (QED) is 0.809. The highest BCUT2D eigenvalue weighted by atomic mass is 16.1. The van der Waals surface area contributed by atoms with Gasteiger partial charge < -0.3 is 4.98 Å². The van der Waals surface area contributed by atoms with E-state index in [-0.39, 0.29) is 5.56 Å². The monoisotopic (exact) mass is 237 g/mol. The van der Waals surface area contributed by atoms with Crippen LogP contribution in [0.1, 0.15) is 25.1 Å². The Morgan fingerprint density at radius 2 is 1.94 bits per heavy atom. The van der Waals surface area contributed by atoms with Gasteiger partial charge in [0, 0.05) is 5.39 Å². The predicted octanol–water partition coefficient (Wildman–Crippen LogP) is 3.43. The van der Waals surface area contributed by atoms with E-state index in [1.165, 1.54) is 11.1 Å². The highest BCUT2D eigenvalue weighted by molar-refractivity contribution is 5.93. The average Bonchev–Trinajstić information content (AvgIpc) is 2.68. The molecule has 2 nitrogen and oxygen atoms in total. The first-order valence-electron chi connectivity index (χ1n) is 6.19. The van der Waals surface area contributed by atoms with Gasteiger partial charge in [-0.15, -0.1) is 0 Å². The molecule has 1 N–H and O–H groups in total. The SMILES string of the molecule is C/C=C\C1=C(C)Cc2c1[nH]c(=O)c1ccccc21. The molecule has 0 unspecified atom stereocenters. The molecule has 90 valence electrons. The Hall–Kier alpha value is -2.09. The highest BCUT2D eigenvalue weighted by Crippen LogP contribution is 2.34. The number of pyridine rings is 1. The van der Waals surface area contributed by atoms with Crippen LogP contribution in [-0.4, -0.2) is 4.98 Å². The van der Waals surface area contributed by atoms with Crippen LogP contribution in [-0.2, 0) is 6.42 Å². The molecule has 3 rings (SSSR count). The van der Waals surface area contributed by atoms with Gasteiger partial charge in [0.25, 0.3) is 5.56 Å². The summed E-state index contributed by atoms with van der Waals surface area (Å²) in [6.07, 6.45) is 5.01. The second-order valence-corrected chi connectivity index (χ2v) is 4.72. The molecule has 0 radical (unpaired) electrons. The fourth-order valence-electron chi connectivity index (χ4n) is 2.71. The Bertz CT molecular complexity index is 747. The lowest BCUT2D eigenvalue weighted by Crippen LogP contribution is -2.10. The number of nitrogens with one attached hydrogen (secondary N) is 1. The van der Waals surface area contributed by atoms with Crippen molar-refractivity contribution in [2.24, 2.45) is 0 Å². The van der Waals surface area contributed by atoms with Gasteiger partial charge in [0.2, 0.25) is 0 Å². The molecule has 0 amide bonds. The fraction of sp³-hybridized carbons (Fsp3) is 0.188. The number of benzene rings is 1. The number of hydrogen-bond donors (Lipinski definition) is 1. The lowest BCUT2D eigenvalue weighted by molar-refractivity contribution is 1.16. The van der Waals surface area contributed by atoms with E-state index in [2.05, 4.69) is 18.0 Å². The highest BCUT2D eigenvalue weighted by Gasteiger charge is 2.20. The van der Waals surface area contributed by atoms with Crippen molar-refractivity contribution in [1.82, 2.24) is 4.98 Å². The van der Waals surface area contributed by atoms with Crippen molar-refractivity contribution in [2.45, 2.75) is 20.3 Å². The van der Waals surface area contributed by atoms with Crippen LogP contribution in [0.3, 0.4) is 0 Å². The zero-order valence-electron chi connectivity index (χ0n) is 10.6. The molecule has 1 heterocycles. The van der Waals surface area contributed by atoms with Crippen molar-refractivity contribution >= 4 is 16.3 Å². The lowest BCUT2D eigenvalue weighted by atomic mass is 10.0. The van der Waals surface area contributed by atoms with Gasteiger partial charge in [-0.1, -0.05) is 35.9 Å². The molecule has 0 saturated carbocycles. The van der Waals surface area contributed by atoms with Crippen molar-refractivity contribution in [3.63, 3.8) is 0 Å². The van der Waals surface area contributed by atoms with Crippen molar-refractivity contribution in [3.8, 4) is 0 Å². The first-order chi connectivity index (χ1) is 8.72. The fourth-order valence-corrected chi connectivity index (χ4v) is 2.71. The summed E-state index contributed by atoms with van der Waals surface area (Å²) in [5, 5.41) is 1.86. The van der Waals surface area contributed by atoms with E-state index >= 15 is 0 Å². The summed E-state index contributed by atoms with van der Waals surface area (Å²) in [5.74, 6) is 0. The zero-order valence-corrected chi connectivity index (χ0v) is 10.6. The largest absolute Gasteiger partial charge is 0.321 e. The van der Waals surface area contributed by atoms with E-state index < -0.39 is 0 Å². The third-order valence-electron chi connectivity index (χ3n) is 3.54. The van der Waals surface area contributed by atoms with E-state index in [0.29, 0.717) is 0 Å². The summed E-state index contributed by atoms with van der Waals surface area (Å²) < 4.78 is 0. The van der Waals surface area contributed by atoms with Gasteiger partial charge in [0.15, 0.2) is 0 Å². The summed E-state index contributed by atoms with van der Waals surface area (Å²) in [4.78, 5) is 15.1. The molecule has 2 heteroatoms. The molecule has 0 saturated heterocycles. The van der Waals surface area contributed by atoms with Crippen LogP contribution in [0, 0.1) is 0 Å². The Morgan fingerprint density at radius 3 is 2.67 bits per heavy atom. The van der Waals surface area contributed by atoms with Crippen LogP contribution in [0.5, 0.6) is 0 Å². The van der Waals surface area contributed by atoms with Gasteiger partial charge in [-0.05, 0) is 42.9 Å². The van der Waals surface area contributed by atoms with Crippen LogP contribution in [0.4, 0.5) is 0 Å². The number of rotatable bonds is 1. The predicted molar refractivity (Wildman–Crippen MR) is 75.7 cm³/mol. The molecule has 2 aromatic rings. The Kier molecular flexibility index (Phi) is 2.44. The smallest absolute Gasteiger partial charge is 0.256 e. The van der Waals surface area contributed by atoms with Gasteiger partial charge in [0.05, 0.1) is 5.69 Å². The number of allylic oxidation sites excluding steroid dienone is 4. The molecule has 0 aliphatic heterocycles. The zero-order chi connectivity index (χ0) is 12.7. The summed E-state index contributed by atoms with van der Waals surface area (Å²) in [7, 11) is 0. The Morgan fingerprint density at radius 1 is 1.22 bits per heavy atom. The number of hydrogen-bond acceptors (Lipinski definition) is 1. The molecule has 1 aromatic carbocycles. The number of aromatic nitrogens is 1. The van der Waals surface area contributed by atoms with Crippen LogP contribution in [0.25, 0.3) is 16.3 Å². The van der Waals surface area contributed by atoms with Crippen LogP contribution in [0.2, 0.25) is 0 Å². The van der Waals surface area contributed by atoms with Crippen molar-refractivity contribution in [3.05, 3.63) is 63.6 Å². The van der Waals surface area contributed by atoms with Crippen molar-refractivity contribution in [2.75, 3.05) is 0 Å². The molecule has 0 bridgehead atoms. The summed E-state index contributed by atoms with van der Waals surface area (Å²) >= 11 is 0. The molecule has 1 aromatic heterocycles. The molecule has 0 atom stereocenters. The summed E-state index contributed by atoms with van der Waals surface area (Å²) in [5.41, 5.74) is 4.72. The van der Waals surface area contributed by atoms with E-state index in [0.717, 1.165) is 28.5 Å². The first-order valence-corrected chi connectivity index (χ1v) is 6.19. The van der Waals surface area contributed by atoms with Crippen molar-refractivity contribution < 1.29 is 0 Å².